The fourth-order valence-electron chi connectivity index (χ4n) is 1.23. The summed E-state index contributed by atoms with van der Waals surface area (Å²) < 4.78 is 1.08. The number of carbonyl (C=O) groups excluding carboxylic acids is 1. The van der Waals surface area contributed by atoms with Crippen molar-refractivity contribution in [3.63, 3.8) is 0 Å². The Hall–Kier alpha value is -1.22. The van der Waals surface area contributed by atoms with Gasteiger partial charge in [0.05, 0.1) is 15.7 Å². The van der Waals surface area contributed by atoms with E-state index in [2.05, 4.69) is 4.98 Å². The molecular weight excluding hydrogens is 182 g/mol. The monoisotopic (exact) mass is 191 g/mol. The first-order valence-corrected chi connectivity index (χ1v) is 5.05. The SMILES string of the molecule is CCC(=O)c1ccc2ncsc2c1. The molecule has 0 unspecified atom stereocenters. The molecule has 1 aromatic heterocycles. The van der Waals surface area contributed by atoms with Gasteiger partial charge in [-0.3, -0.25) is 4.79 Å². The second kappa shape index (κ2) is 3.26. The van der Waals surface area contributed by atoms with Crippen LogP contribution in [0.15, 0.2) is 23.7 Å². The summed E-state index contributed by atoms with van der Waals surface area (Å²) in [6.45, 7) is 1.87. The number of ketones is 1. The lowest BCUT2D eigenvalue weighted by Crippen LogP contribution is -1.94. The van der Waals surface area contributed by atoms with Crippen LogP contribution in [-0.2, 0) is 0 Å². The molecule has 0 aliphatic heterocycles. The number of hydrogen-bond donors (Lipinski definition) is 0. The molecule has 13 heavy (non-hydrogen) atoms. The van der Waals surface area contributed by atoms with Gasteiger partial charge in [-0.05, 0) is 18.2 Å². The van der Waals surface area contributed by atoms with Gasteiger partial charge in [-0.25, -0.2) is 4.98 Å². The molecule has 0 radical (unpaired) electrons. The maximum Gasteiger partial charge on any atom is 0.162 e. The van der Waals surface area contributed by atoms with Gasteiger partial charge in [0, 0.05) is 12.0 Å². The van der Waals surface area contributed by atoms with E-state index >= 15 is 0 Å². The summed E-state index contributed by atoms with van der Waals surface area (Å²) in [5.74, 6) is 0.190. The third kappa shape index (κ3) is 1.47. The van der Waals surface area contributed by atoms with E-state index in [9.17, 15) is 4.79 Å². The predicted octanol–water partition coefficient (Wildman–Crippen LogP) is 2.89. The van der Waals surface area contributed by atoms with Gasteiger partial charge in [0.2, 0.25) is 0 Å². The van der Waals surface area contributed by atoms with E-state index in [0.29, 0.717) is 6.42 Å². The van der Waals surface area contributed by atoms with E-state index in [1.54, 1.807) is 16.8 Å². The Bertz CT molecular complexity index is 447. The number of carbonyl (C=O) groups is 1. The first-order valence-electron chi connectivity index (χ1n) is 4.17. The van der Waals surface area contributed by atoms with E-state index < -0.39 is 0 Å². The Morgan fingerprint density at radius 1 is 1.54 bits per heavy atom. The first kappa shape index (κ1) is 8.38. The third-order valence-electron chi connectivity index (χ3n) is 1.97. The van der Waals surface area contributed by atoms with E-state index in [4.69, 9.17) is 0 Å². The van der Waals surface area contributed by atoms with Crippen LogP contribution in [0.25, 0.3) is 10.2 Å². The lowest BCUT2D eigenvalue weighted by Gasteiger charge is -1.96. The lowest BCUT2D eigenvalue weighted by atomic mass is 10.1. The van der Waals surface area contributed by atoms with Gasteiger partial charge in [0.1, 0.15) is 0 Å². The molecule has 0 amide bonds. The molecule has 0 fully saturated rings. The van der Waals surface area contributed by atoms with Crippen LogP contribution in [-0.4, -0.2) is 10.8 Å². The van der Waals surface area contributed by atoms with Crippen molar-refractivity contribution in [3.8, 4) is 0 Å². The number of hydrogen-bond acceptors (Lipinski definition) is 3. The summed E-state index contributed by atoms with van der Waals surface area (Å²) in [6, 6.07) is 5.65. The predicted molar refractivity (Wildman–Crippen MR) is 54.2 cm³/mol. The van der Waals surface area contributed by atoms with Gasteiger partial charge in [-0.1, -0.05) is 6.92 Å². The molecule has 0 aliphatic carbocycles. The molecule has 0 N–H and O–H groups in total. The molecule has 0 atom stereocenters. The molecule has 0 saturated heterocycles. The highest BCUT2D eigenvalue weighted by molar-refractivity contribution is 7.16. The van der Waals surface area contributed by atoms with Gasteiger partial charge in [-0.15, -0.1) is 11.3 Å². The fourth-order valence-corrected chi connectivity index (χ4v) is 1.95. The lowest BCUT2D eigenvalue weighted by molar-refractivity contribution is 0.0988. The van der Waals surface area contributed by atoms with E-state index in [1.807, 2.05) is 25.1 Å². The first-order chi connectivity index (χ1) is 6.31. The Morgan fingerprint density at radius 2 is 2.38 bits per heavy atom. The van der Waals surface area contributed by atoms with Crippen LogP contribution in [0.5, 0.6) is 0 Å². The van der Waals surface area contributed by atoms with Gasteiger partial charge in [0.15, 0.2) is 5.78 Å². The van der Waals surface area contributed by atoms with Gasteiger partial charge in [0.25, 0.3) is 0 Å². The Balaban J connectivity index is 2.54. The number of aromatic nitrogens is 1. The maximum absolute atomic E-state index is 11.4. The van der Waals surface area contributed by atoms with Crippen LogP contribution in [0.1, 0.15) is 23.7 Å². The van der Waals surface area contributed by atoms with Gasteiger partial charge < -0.3 is 0 Å². The molecule has 2 rings (SSSR count). The summed E-state index contributed by atoms with van der Waals surface area (Å²) in [5.41, 5.74) is 3.56. The van der Waals surface area contributed by atoms with Crippen molar-refractivity contribution in [1.82, 2.24) is 4.98 Å². The summed E-state index contributed by atoms with van der Waals surface area (Å²) in [6.07, 6.45) is 0.560. The molecule has 2 aromatic rings. The Morgan fingerprint density at radius 3 is 3.15 bits per heavy atom. The number of benzene rings is 1. The largest absolute Gasteiger partial charge is 0.294 e. The van der Waals surface area contributed by atoms with Crippen LogP contribution >= 0.6 is 11.3 Å². The number of Topliss-reactive ketones (excluding diaryl/α,β-unsaturated/α-hetero) is 1. The molecule has 3 heteroatoms. The summed E-state index contributed by atoms with van der Waals surface area (Å²) in [4.78, 5) is 15.5. The average Bonchev–Trinajstić information content (AvgIpc) is 2.63. The molecule has 0 bridgehead atoms. The summed E-state index contributed by atoms with van der Waals surface area (Å²) in [7, 11) is 0. The average molecular weight is 191 g/mol. The number of nitrogens with zero attached hydrogens (tertiary/aromatic N) is 1. The van der Waals surface area contributed by atoms with Gasteiger partial charge in [-0.2, -0.15) is 0 Å². The van der Waals surface area contributed by atoms with Crippen molar-refractivity contribution >= 4 is 27.3 Å². The highest BCUT2D eigenvalue weighted by Gasteiger charge is 2.04. The third-order valence-corrected chi connectivity index (χ3v) is 2.77. The minimum absolute atomic E-state index is 0.190. The van der Waals surface area contributed by atoms with Crippen molar-refractivity contribution in [3.05, 3.63) is 29.3 Å². The normalized spacial score (nSPS) is 10.5. The minimum Gasteiger partial charge on any atom is -0.294 e. The van der Waals surface area contributed by atoms with E-state index in [0.717, 1.165) is 15.8 Å². The Labute approximate surface area is 80.2 Å². The minimum atomic E-state index is 0.190. The van der Waals surface area contributed by atoms with Crippen LogP contribution in [0.3, 0.4) is 0 Å². The second-order valence-corrected chi connectivity index (χ2v) is 3.70. The zero-order valence-electron chi connectivity index (χ0n) is 7.28. The van der Waals surface area contributed by atoms with Crippen molar-refractivity contribution < 1.29 is 4.79 Å². The highest BCUT2D eigenvalue weighted by Crippen LogP contribution is 2.19. The molecule has 0 spiro atoms. The topological polar surface area (TPSA) is 30.0 Å². The summed E-state index contributed by atoms with van der Waals surface area (Å²) >= 11 is 1.57. The standard InChI is InChI=1S/C10H9NOS/c1-2-9(12)7-3-4-8-10(5-7)13-6-11-8/h3-6H,2H2,1H3. The molecular formula is C10H9NOS. The molecule has 2 nitrogen and oxygen atoms in total. The number of rotatable bonds is 2. The van der Waals surface area contributed by atoms with Crippen molar-refractivity contribution in [2.24, 2.45) is 0 Å². The molecule has 1 heterocycles. The van der Waals surface area contributed by atoms with Crippen molar-refractivity contribution in [1.29, 1.82) is 0 Å². The van der Waals surface area contributed by atoms with Gasteiger partial charge >= 0.3 is 0 Å². The van der Waals surface area contributed by atoms with Crippen LogP contribution in [0, 0.1) is 0 Å². The zero-order valence-corrected chi connectivity index (χ0v) is 8.10. The van der Waals surface area contributed by atoms with Crippen LogP contribution < -0.4 is 0 Å². The smallest absolute Gasteiger partial charge is 0.162 e. The molecule has 66 valence electrons. The number of fused-ring (bicyclic) bond motifs is 1. The van der Waals surface area contributed by atoms with Crippen molar-refractivity contribution in [2.45, 2.75) is 13.3 Å². The quantitative estimate of drug-likeness (QED) is 0.683. The molecule has 0 saturated carbocycles. The van der Waals surface area contributed by atoms with Crippen LogP contribution in [0.4, 0.5) is 0 Å². The second-order valence-electron chi connectivity index (χ2n) is 2.81. The fraction of sp³-hybridized carbons (Fsp3) is 0.200. The van der Waals surface area contributed by atoms with Crippen molar-refractivity contribution in [2.75, 3.05) is 0 Å². The van der Waals surface area contributed by atoms with E-state index in [1.165, 1.54) is 0 Å². The highest BCUT2D eigenvalue weighted by atomic mass is 32.1. The number of thiazole rings is 1. The maximum atomic E-state index is 11.4. The molecule has 1 aromatic carbocycles. The summed E-state index contributed by atoms with van der Waals surface area (Å²) in [5, 5.41) is 0. The van der Waals surface area contributed by atoms with Crippen LogP contribution in [0.2, 0.25) is 0 Å². The van der Waals surface area contributed by atoms with E-state index in [-0.39, 0.29) is 5.78 Å². The zero-order chi connectivity index (χ0) is 9.26. The molecule has 0 aliphatic rings. The Kier molecular flexibility index (Phi) is 2.10.